The van der Waals surface area contributed by atoms with Gasteiger partial charge in [0, 0.05) is 43.6 Å². The molecule has 3 heterocycles. The van der Waals surface area contributed by atoms with Crippen molar-refractivity contribution in [3.63, 3.8) is 0 Å². The molecule has 14 atom stereocenters. The zero-order valence-electron chi connectivity index (χ0n) is 37.1. The minimum absolute atomic E-state index is 0.00862. The Balaban J connectivity index is 1.64. The number of carbonyl (C=O) groups is 5. The molecule has 4 rings (SSSR count). The SMILES string of the molecule is C\C1=C/C=C/C=C/[C@@H](C)C[C@@H](C)C(=O)C[C@H](O)/C(C)=C/[C@@H](C)C(=O)C[C@@H]([C@H](C)C[C@@H]2CC[C@@H](O)[C@H](O)C2)OC(=O)C2CCCN2C(=O)C(=O)[C@]2(O)O[C@@H](CC[C@H]2C)C[C@@H]1OO. The van der Waals surface area contributed by atoms with Crippen molar-refractivity contribution >= 4 is 29.2 Å². The molecule has 5 N–H and O–H groups in total. The Morgan fingerprint density at radius 2 is 1.57 bits per heavy atom. The Morgan fingerprint density at radius 3 is 2.26 bits per heavy atom. The van der Waals surface area contributed by atoms with Gasteiger partial charge in [0.25, 0.3) is 11.7 Å². The molecule has 0 aromatic rings. The molecule has 0 spiro atoms. The molecule has 1 saturated carbocycles. The van der Waals surface area contributed by atoms with E-state index in [1.54, 1.807) is 52.0 Å². The summed E-state index contributed by atoms with van der Waals surface area (Å²) in [5.41, 5.74) is 1.10. The molecule has 2 saturated heterocycles. The van der Waals surface area contributed by atoms with Crippen molar-refractivity contribution in [1.29, 1.82) is 0 Å². The molecule has 2 bridgehead atoms. The maximum absolute atomic E-state index is 14.1. The highest BCUT2D eigenvalue weighted by Gasteiger charge is 2.53. The summed E-state index contributed by atoms with van der Waals surface area (Å²) < 4.78 is 12.1. The molecule has 3 aliphatic heterocycles. The number of rotatable bonds is 4. The molecule has 0 aromatic carbocycles. The molecule has 342 valence electrons. The van der Waals surface area contributed by atoms with Crippen LogP contribution in [-0.4, -0.2) is 115 Å². The second-order valence-corrected chi connectivity index (χ2v) is 18.6. The number of hydrogen-bond donors (Lipinski definition) is 5. The predicted octanol–water partition coefficient (Wildman–Crippen LogP) is 5.35. The van der Waals surface area contributed by atoms with Crippen molar-refractivity contribution in [2.24, 2.45) is 35.5 Å². The number of allylic oxidation sites excluding steroid dienone is 6. The number of Topliss-reactive ketones (excluding diaryl/α,β-unsaturated/α-hetero) is 3. The van der Waals surface area contributed by atoms with E-state index in [-0.39, 0.29) is 67.5 Å². The Kier molecular flexibility index (Phi) is 18.8. The first-order valence-corrected chi connectivity index (χ1v) is 22.3. The molecule has 1 unspecified atom stereocenters. The normalized spacial score (nSPS) is 40.9. The van der Waals surface area contributed by atoms with Gasteiger partial charge in [0.05, 0.1) is 24.4 Å². The van der Waals surface area contributed by atoms with Crippen LogP contribution >= 0.6 is 0 Å². The third-order valence-corrected chi connectivity index (χ3v) is 13.5. The number of cyclic esters (lactones) is 1. The minimum atomic E-state index is -2.50. The third-order valence-electron chi connectivity index (χ3n) is 13.5. The zero-order valence-corrected chi connectivity index (χ0v) is 37.1. The average Bonchev–Trinajstić information content (AvgIpc) is 3.71. The summed E-state index contributed by atoms with van der Waals surface area (Å²) in [5, 5.41) is 53.1. The first-order chi connectivity index (χ1) is 28.7. The van der Waals surface area contributed by atoms with E-state index in [0.717, 1.165) is 4.90 Å². The fourth-order valence-corrected chi connectivity index (χ4v) is 9.22. The maximum atomic E-state index is 14.1. The first-order valence-electron chi connectivity index (χ1n) is 22.3. The lowest BCUT2D eigenvalue weighted by Gasteiger charge is -2.41. The topological polar surface area (TPSA) is 217 Å². The van der Waals surface area contributed by atoms with Crippen LogP contribution in [0.15, 0.2) is 47.6 Å². The van der Waals surface area contributed by atoms with Gasteiger partial charge in [-0.3, -0.25) is 24.4 Å². The Bertz CT molecular complexity index is 1670. The Hall–Kier alpha value is -3.37. The molecular formula is C47H71NO13. The van der Waals surface area contributed by atoms with E-state index in [1.165, 1.54) is 0 Å². The molecular weight excluding hydrogens is 787 g/mol. The van der Waals surface area contributed by atoms with E-state index in [2.05, 4.69) is 0 Å². The van der Waals surface area contributed by atoms with E-state index in [9.17, 15) is 49.7 Å². The van der Waals surface area contributed by atoms with Crippen LogP contribution in [0, 0.1) is 35.5 Å². The van der Waals surface area contributed by atoms with E-state index >= 15 is 0 Å². The van der Waals surface area contributed by atoms with Crippen LogP contribution in [0.5, 0.6) is 0 Å². The van der Waals surface area contributed by atoms with Crippen molar-refractivity contribution < 1.29 is 64.0 Å². The minimum Gasteiger partial charge on any atom is -0.460 e. The predicted molar refractivity (Wildman–Crippen MR) is 226 cm³/mol. The lowest BCUT2D eigenvalue weighted by molar-refractivity contribution is -0.293. The van der Waals surface area contributed by atoms with Gasteiger partial charge < -0.3 is 34.8 Å². The maximum Gasteiger partial charge on any atom is 0.329 e. The van der Waals surface area contributed by atoms with E-state index < -0.39 is 77.9 Å². The van der Waals surface area contributed by atoms with Crippen LogP contribution in [0.25, 0.3) is 0 Å². The summed E-state index contributed by atoms with van der Waals surface area (Å²) in [4.78, 5) is 74.9. The standard InChI is InChI=1S/C47H71NO13/c1-27-12-9-8-10-13-28(2)43(61-58)24-35-17-15-33(7)47(57,60-35)44(54)45(55)48-19-11-14-36(48)46(56)59-42(32(6)22-34-16-18-37(49)41(53)23-34)26-40(52)31(5)21-30(4)39(51)25-38(50)29(3)20-27/h8-10,12-13,21,27,29,31-37,39,41-43,49,51,53,57-58H,11,14-20,22-26H2,1-7H3/b10-8+,12-9+,28-13+,30-21+/t27-,29-,31-,32-,33-,34+,35+,36?,37-,39+,41-,42+,43+,47-/m1/s1. The second-order valence-electron chi connectivity index (χ2n) is 18.6. The van der Waals surface area contributed by atoms with Crippen LogP contribution in [-0.2, 0) is 38.3 Å². The number of esters is 1. The van der Waals surface area contributed by atoms with Crippen LogP contribution in [0.1, 0.15) is 126 Å². The van der Waals surface area contributed by atoms with E-state index in [1.807, 2.05) is 32.9 Å². The number of nitrogens with zero attached hydrogens (tertiary/aromatic N) is 1. The third kappa shape index (κ3) is 13.6. The van der Waals surface area contributed by atoms with Gasteiger partial charge in [0.15, 0.2) is 0 Å². The summed E-state index contributed by atoms with van der Waals surface area (Å²) in [7, 11) is 0. The molecule has 14 heteroatoms. The molecule has 1 aliphatic carbocycles. The van der Waals surface area contributed by atoms with E-state index in [0.29, 0.717) is 62.5 Å². The molecule has 14 nitrogen and oxygen atoms in total. The molecule has 1 amide bonds. The van der Waals surface area contributed by atoms with Crippen LogP contribution in [0.2, 0.25) is 0 Å². The lowest BCUT2D eigenvalue weighted by Crippen LogP contribution is -2.59. The van der Waals surface area contributed by atoms with Crippen molar-refractivity contribution in [3.8, 4) is 0 Å². The molecule has 3 fully saturated rings. The highest BCUT2D eigenvalue weighted by molar-refractivity contribution is 6.39. The van der Waals surface area contributed by atoms with Crippen molar-refractivity contribution in [1.82, 2.24) is 4.90 Å². The summed E-state index contributed by atoms with van der Waals surface area (Å²) >= 11 is 0. The van der Waals surface area contributed by atoms with Gasteiger partial charge in [-0.2, -0.15) is 0 Å². The summed E-state index contributed by atoms with van der Waals surface area (Å²) in [5.74, 6) is -8.14. The highest BCUT2D eigenvalue weighted by atomic mass is 17.1. The molecule has 61 heavy (non-hydrogen) atoms. The number of ether oxygens (including phenoxy) is 2. The number of ketones is 3. The summed E-state index contributed by atoms with van der Waals surface area (Å²) in [6, 6.07) is -1.16. The van der Waals surface area contributed by atoms with Crippen molar-refractivity contribution in [2.75, 3.05) is 6.54 Å². The number of hydrogen-bond acceptors (Lipinski definition) is 13. The quantitative estimate of drug-likeness (QED) is 0.0793. The fourth-order valence-electron chi connectivity index (χ4n) is 9.22. The average molecular weight is 858 g/mol. The van der Waals surface area contributed by atoms with Gasteiger partial charge in [-0.05, 0) is 101 Å². The van der Waals surface area contributed by atoms with Crippen molar-refractivity contribution in [2.45, 2.75) is 174 Å². The Morgan fingerprint density at radius 1 is 0.852 bits per heavy atom. The second kappa shape index (κ2) is 22.8. The monoisotopic (exact) mass is 857 g/mol. The molecule has 0 aromatic heterocycles. The smallest absolute Gasteiger partial charge is 0.329 e. The largest absolute Gasteiger partial charge is 0.460 e. The van der Waals surface area contributed by atoms with Crippen molar-refractivity contribution in [3.05, 3.63) is 47.6 Å². The Labute approximate surface area is 361 Å². The number of aliphatic hydroxyl groups is 4. The number of fused-ring (bicyclic) bond motifs is 3. The lowest BCUT2D eigenvalue weighted by atomic mass is 9.78. The summed E-state index contributed by atoms with van der Waals surface area (Å²) in [6.45, 7) is 12.4. The number of amides is 1. The molecule has 4 aliphatic rings. The first kappa shape index (κ1) is 50.3. The number of carbonyl (C=O) groups excluding carboxylic acids is 5. The van der Waals surface area contributed by atoms with E-state index in [4.69, 9.17) is 14.4 Å². The van der Waals surface area contributed by atoms with Gasteiger partial charge >= 0.3 is 5.97 Å². The van der Waals surface area contributed by atoms with Crippen LogP contribution < -0.4 is 0 Å². The number of aliphatic hydroxyl groups excluding tert-OH is 3. The van der Waals surface area contributed by atoms with Gasteiger partial charge in [0.1, 0.15) is 29.8 Å². The zero-order chi connectivity index (χ0) is 45.2. The van der Waals surface area contributed by atoms with Crippen LogP contribution in [0.3, 0.4) is 0 Å². The van der Waals surface area contributed by atoms with Crippen LogP contribution in [0.4, 0.5) is 0 Å². The van der Waals surface area contributed by atoms with Gasteiger partial charge in [0.2, 0.25) is 5.79 Å². The molecule has 0 radical (unpaired) electrons. The summed E-state index contributed by atoms with van der Waals surface area (Å²) in [6.07, 6.45) is 8.91. The van der Waals surface area contributed by atoms with Gasteiger partial charge in [-0.25, -0.2) is 9.68 Å². The van der Waals surface area contributed by atoms with Gasteiger partial charge in [-0.15, -0.1) is 0 Å². The fraction of sp³-hybridized carbons (Fsp3) is 0.723. The van der Waals surface area contributed by atoms with Gasteiger partial charge in [-0.1, -0.05) is 71.1 Å². The highest BCUT2D eigenvalue weighted by Crippen LogP contribution is 2.37.